The number of anilines is 1. The van der Waals surface area contributed by atoms with Gasteiger partial charge in [0, 0.05) is 10.5 Å². The van der Waals surface area contributed by atoms with Gasteiger partial charge in [-0.3, -0.25) is 10.1 Å². The van der Waals surface area contributed by atoms with Crippen molar-refractivity contribution in [2.45, 2.75) is 32.2 Å². The number of benzene rings is 1. The fraction of sp³-hybridized carbons (Fsp3) is 0.500. The minimum absolute atomic E-state index is 0.0120. The van der Waals surface area contributed by atoms with E-state index in [0.717, 1.165) is 4.47 Å². The summed E-state index contributed by atoms with van der Waals surface area (Å²) in [6, 6.07) is 4.73. The molecular formula is C12H17BrN2O3. The van der Waals surface area contributed by atoms with Crippen molar-refractivity contribution in [1.82, 2.24) is 0 Å². The van der Waals surface area contributed by atoms with Gasteiger partial charge >= 0.3 is 0 Å². The van der Waals surface area contributed by atoms with Crippen molar-refractivity contribution < 1.29 is 10.0 Å². The first kappa shape index (κ1) is 14.9. The standard InChI is InChI=1S/C12H17BrN2O3/c1-3-12(4-2,8-16)14-10-7-9(13)5-6-11(10)15(17)18/h5-7,14,16H,3-4,8H2,1-2H3. The fourth-order valence-corrected chi connectivity index (χ4v) is 2.10. The zero-order valence-electron chi connectivity index (χ0n) is 10.4. The Hall–Kier alpha value is -1.14. The lowest BCUT2D eigenvalue weighted by atomic mass is 9.93. The average Bonchev–Trinajstić information content (AvgIpc) is 2.36. The van der Waals surface area contributed by atoms with E-state index in [2.05, 4.69) is 21.2 Å². The van der Waals surface area contributed by atoms with Crippen LogP contribution in [0.2, 0.25) is 0 Å². The van der Waals surface area contributed by atoms with Gasteiger partial charge in [-0.2, -0.15) is 0 Å². The number of halogens is 1. The Morgan fingerprint density at radius 2 is 2.06 bits per heavy atom. The van der Waals surface area contributed by atoms with Crippen molar-refractivity contribution >= 4 is 27.3 Å². The Balaban J connectivity index is 3.16. The van der Waals surface area contributed by atoms with Gasteiger partial charge in [0.25, 0.3) is 5.69 Å². The maximum Gasteiger partial charge on any atom is 0.292 e. The Bertz CT molecular complexity index is 425. The number of nitro groups is 1. The third-order valence-electron chi connectivity index (χ3n) is 3.21. The van der Waals surface area contributed by atoms with Crippen LogP contribution in [0.4, 0.5) is 11.4 Å². The van der Waals surface area contributed by atoms with Crippen molar-refractivity contribution in [2.24, 2.45) is 0 Å². The highest BCUT2D eigenvalue weighted by Crippen LogP contribution is 2.32. The van der Waals surface area contributed by atoms with E-state index in [1.807, 2.05) is 13.8 Å². The molecule has 2 N–H and O–H groups in total. The highest BCUT2D eigenvalue weighted by atomic mass is 79.9. The van der Waals surface area contributed by atoms with Crippen LogP contribution in [0, 0.1) is 10.1 Å². The molecule has 0 aliphatic heterocycles. The van der Waals surface area contributed by atoms with Crippen molar-refractivity contribution in [3.05, 3.63) is 32.8 Å². The van der Waals surface area contributed by atoms with Gasteiger partial charge in [0.05, 0.1) is 17.1 Å². The number of hydrogen-bond donors (Lipinski definition) is 2. The minimum atomic E-state index is -0.522. The van der Waals surface area contributed by atoms with E-state index in [1.54, 1.807) is 12.1 Å². The number of nitro benzene ring substituents is 1. The maximum atomic E-state index is 11.0. The Labute approximate surface area is 114 Å². The molecule has 0 aliphatic carbocycles. The first-order valence-corrected chi connectivity index (χ1v) is 6.60. The lowest BCUT2D eigenvalue weighted by Crippen LogP contribution is -2.41. The van der Waals surface area contributed by atoms with Crippen molar-refractivity contribution in [3.8, 4) is 0 Å². The summed E-state index contributed by atoms with van der Waals surface area (Å²) in [4.78, 5) is 10.5. The van der Waals surface area contributed by atoms with Crippen molar-refractivity contribution in [3.63, 3.8) is 0 Å². The molecule has 100 valence electrons. The lowest BCUT2D eigenvalue weighted by Gasteiger charge is -2.31. The van der Waals surface area contributed by atoms with Crippen LogP contribution in [-0.2, 0) is 0 Å². The summed E-state index contributed by atoms with van der Waals surface area (Å²) in [7, 11) is 0. The quantitative estimate of drug-likeness (QED) is 0.623. The molecule has 0 amide bonds. The molecular weight excluding hydrogens is 300 g/mol. The largest absolute Gasteiger partial charge is 0.394 e. The first-order valence-electron chi connectivity index (χ1n) is 5.81. The van der Waals surface area contributed by atoms with Crippen LogP contribution in [0.15, 0.2) is 22.7 Å². The summed E-state index contributed by atoms with van der Waals surface area (Å²) in [6.07, 6.45) is 1.37. The second-order valence-electron chi connectivity index (χ2n) is 4.19. The van der Waals surface area contributed by atoms with Gasteiger partial charge in [0.15, 0.2) is 0 Å². The molecule has 1 aromatic carbocycles. The molecule has 5 nitrogen and oxygen atoms in total. The normalized spacial score (nSPS) is 11.3. The number of rotatable bonds is 6. The molecule has 1 aromatic rings. The van der Waals surface area contributed by atoms with Gasteiger partial charge in [-0.25, -0.2) is 0 Å². The average molecular weight is 317 g/mol. The first-order chi connectivity index (χ1) is 8.48. The van der Waals surface area contributed by atoms with E-state index < -0.39 is 10.5 Å². The van der Waals surface area contributed by atoms with E-state index in [0.29, 0.717) is 18.5 Å². The predicted molar refractivity (Wildman–Crippen MR) is 74.8 cm³/mol. The second-order valence-corrected chi connectivity index (χ2v) is 5.10. The molecule has 0 saturated carbocycles. The van der Waals surface area contributed by atoms with E-state index in [9.17, 15) is 15.2 Å². The van der Waals surface area contributed by atoms with E-state index in [4.69, 9.17) is 0 Å². The number of aliphatic hydroxyl groups excluding tert-OH is 1. The fourth-order valence-electron chi connectivity index (χ4n) is 1.74. The predicted octanol–water partition coefficient (Wildman–Crippen LogP) is 3.32. The van der Waals surface area contributed by atoms with Crippen LogP contribution in [0.1, 0.15) is 26.7 Å². The lowest BCUT2D eigenvalue weighted by molar-refractivity contribution is -0.384. The van der Waals surface area contributed by atoms with Gasteiger partial charge < -0.3 is 10.4 Å². The smallest absolute Gasteiger partial charge is 0.292 e. The minimum Gasteiger partial charge on any atom is -0.394 e. The van der Waals surface area contributed by atoms with Crippen LogP contribution < -0.4 is 5.32 Å². The third-order valence-corrected chi connectivity index (χ3v) is 3.70. The summed E-state index contributed by atoms with van der Waals surface area (Å²) in [5.41, 5.74) is -0.0870. The number of nitrogens with one attached hydrogen (secondary N) is 1. The van der Waals surface area contributed by atoms with Crippen LogP contribution in [0.25, 0.3) is 0 Å². The van der Waals surface area contributed by atoms with E-state index in [1.165, 1.54) is 6.07 Å². The molecule has 18 heavy (non-hydrogen) atoms. The Kier molecular flexibility index (Phi) is 5.10. The van der Waals surface area contributed by atoms with E-state index in [-0.39, 0.29) is 12.3 Å². The summed E-state index contributed by atoms with van der Waals surface area (Å²) in [5, 5.41) is 23.6. The van der Waals surface area contributed by atoms with Crippen LogP contribution in [0.3, 0.4) is 0 Å². The van der Waals surface area contributed by atoms with Gasteiger partial charge in [-0.15, -0.1) is 0 Å². The molecule has 0 saturated heterocycles. The summed E-state index contributed by atoms with van der Waals surface area (Å²) < 4.78 is 0.759. The highest BCUT2D eigenvalue weighted by molar-refractivity contribution is 9.10. The molecule has 0 radical (unpaired) electrons. The van der Waals surface area contributed by atoms with Gasteiger partial charge in [-0.05, 0) is 25.0 Å². The summed E-state index contributed by atoms with van der Waals surface area (Å²) >= 11 is 3.29. The van der Waals surface area contributed by atoms with Crippen LogP contribution in [-0.4, -0.2) is 22.2 Å². The Morgan fingerprint density at radius 3 is 2.50 bits per heavy atom. The van der Waals surface area contributed by atoms with E-state index >= 15 is 0 Å². The maximum absolute atomic E-state index is 11.0. The molecule has 0 atom stereocenters. The van der Waals surface area contributed by atoms with Crippen LogP contribution in [0.5, 0.6) is 0 Å². The molecule has 0 spiro atoms. The number of nitrogens with zero attached hydrogens (tertiary/aromatic N) is 1. The molecule has 0 bridgehead atoms. The SMILES string of the molecule is CCC(CC)(CO)Nc1cc(Br)ccc1[N+](=O)[O-]. The summed E-state index contributed by atoms with van der Waals surface area (Å²) in [6.45, 7) is 3.82. The summed E-state index contributed by atoms with van der Waals surface area (Å²) in [5.74, 6) is 0. The molecule has 6 heteroatoms. The van der Waals surface area contributed by atoms with Gasteiger partial charge in [0.1, 0.15) is 5.69 Å². The molecule has 0 aromatic heterocycles. The zero-order valence-corrected chi connectivity index (χ0v) is 12.0. The monoisotopic (exact) mass is 316 g/mol. The van der Waals surface area contributed by atoms with Crippen molar-refractivity contribution in [1.29, 1.82) is 0 Å². The van der Waals surface area contributed by atoms with Gasteiger partial charge in [0.2, 0.25) is 0 Å². The van der Waals surface area contributed by atoms with Crippen molar-refractivity contribution in [2.75, 3.05) is 11.9 Å². The third kappa shape index (κ3) is 3.20. The molecule has 0 fully saturated rings. The van der Waals surface area contributed by atoms with Crippen LogP contribution >= 0.6 is 15.9 Å². The molecule has 1 rings (SSSR count). The zero-order chi connectivity index (χ0) is 13.8. The second kappa shape index (κ2) is 6.15. The van der Waals surface area contributed by atoms with Gasteiger partial charge in [-0.1, -0.05) is 29.8 Å². The topological polar surface area (TPSA) is 75.4 Å². The number of hydrogen-bond acceptors (Lipinski definition) is 4. The highest BCUT2D eigenvalue weighted by Gasteiger charge is 2.28. The number of aliphatic hydroxyl groups is 1. The molecule has 0 heterocycles. The molecule has 0 aliphatic rings. The Morgan fingerprint density at radius 1 is 1.44 bits per heavy atom. The molecule has 0 unspecified atom stereocenters.